The van der Waals surface area contributed by atoms with Gasteiger partial charge in [-0.05, 0) is 12.2 Å². The predicted octanol–water partition coefficient (Wildman–Crippen LogP) is 0.838. The second-order valence-corrected chi connectivity index (χ2v) is 5.36. The summed E-state index contributed by atoms with van der Waals surface area (Å²) in [5.41, 5.74) is 0. The molecule has 16 heavy (non-hydrogen) atoms. The van der Waals surface area contributed by atoms with E-state index in [0.29, 0.717) is 23.8 Å². The van der Waals surface area contributed by atoms with Gasteiger partial charge in [0.1, 0.15) is 6.04 Å². The Morgan fingerprint density at radius 1 is 1.44 bits per heavy atom. The number of aliphatic carboxylic acids is 1. The van der Waals surface area contributed by atoms with Crippen molar-refractivity contribution in [2.24, 2.45) is 5.92 Å². The maximum absolute atomic E-state index is 12.0. The van der Waals surface area contributed by atoms with E-state index in [0.717, 1.165) is 5.75 Å². The van der Waals surface area contributed by atoms with Crippen LogP contribution in [0.1, 0.15) is 6.42 Å². The number of carboxylic acids is 1. The number of hydrogen-bond acceptors (Lipinski definition) is 5. The van der Waals surface area contributed by atoms with Crippen LogP contribution in [0.4, 0.5) is 0 Å². The Labute approximate surface area is 110 Å². The second-order valence-electron chi connectivity index (χ2n) is 3.55. The van der Waals surface area contributed by atoms with Crippen molar-refractivity contribution in [2.75, 3.05) is 23.1 Å². The number of hydrogen-bond donors (Lipinski definition) is 3. The van der Waals surface area contributed by atoms with Crippen LogP contribution in [0.3, 0.4) is 0 Å². The minimum Gasteiger partial charge on any atom is -0.480 e. The Balaban J connectivity index is 2.74. The van der Waals surface area contributed by atoms with Gasteiger partial charge in [0.15, 0.2) is 0 Å². The summed E-state index contributed by atoms with van der Waals surface area (Å²) in [6, 6.07) is -0.684. The van der Waals surface area contributed by atoms with Crippen molar-refractivity contribution in [1.29, 1.82) is 0 Å². The molecule has 0 bridgehead atoms. The fourth-order valence-electron chi connectivity index (χ4n) is 1.53. The molecular weight excluding hydrogens is 266 g/mol. The van der Waals surface area contributed by atoms with E-state index >= 15 is 0 Å². The maximum Gasteiger partial charge on any atom is 0.326 e. The van der Waals surface area contributed by atoms with Gasteiger partial charge in [0.05, 0.1) is 11.8 Å². The first-order chi connectivity index (χ1) is 7.61. The second kappa shape index (κ2) is 6.66. The average Bonchev–Trinajstić information content (AvgIpc) is 2.30. The topological polar surface area (TPSA) is 57.6 Å². The molecule has 0 aliphatic carbocycles. The van der Waals surface area contributed by atoms with E-state index in [-0.39, 0.29) is 11.8 Å². The number of carbonyl (C=O) groups excluding carboxylic acids is 1. The van der Waals surface area contributed by atoms with Crippen molar-refractivity contribution in [3.8, 4) is 0 Å². The fourth-order valence-corrected chi connectivity index (χ4v) is 3.32. The number of carboxylic acid groups (broad SMARTS) is 1. The van der Waals surface area contributed by atoms with Crippen molar-refractivity contribution >= 4 is 48.9 Å². The highest BCUT2D eigenvalue weighted by molar-refractivity contribution is 7.99. The summed E-state index contributed by atoms with van der Waals surface area (Å²) < 4.78 is 0. The smallest absolute Gasteiger partial charge is 0.326 e. The lowest BCUT2D eigenvalue weighted by atomic mass is 10.1. The molecule has 1 heterocycles. The average molecular weight is 281 g/mol. The summed E-state index contributed by atoms with van der Waals surface area (Å²) in [6.45, 7) is 0. The van der Waals surface area contributed by atoms with E-state index in [1.165, 1.54) is 4.90 Å². The van der Waals surface area contributed by atoms with Crippen LogP contribution >= 0.6 is 37.0 Å². The Bertz CT molecular complexity index is 271. The number of amides is 1. The van der Waals surface area contributed by atoms with Crippen LogP contribution in [0, 0.1) is 5.92 Å². The van der Waals surface area contributed by atoms with E-state index in [4.69, 9.17) is 5.11 Å². The van der Waals surface area contributed by atoms with Crippen molar-refractivity contribution in [2.45, 2.75) is 12.5 Å². The zero-order valence-electron chi connectivity index (χ0n) is 8.70. The zero-order chi connectivity index (χ0) is 12.1. The normalized spacial score (nSPS) is 21.2. The lowest BCUT2D eigenvalue weighted by molar-refractivity contribution is -0.150. The molecule has 4 nitrogen and oxygen atoms in total. The van der Waals surface area contributed by atoms with E-state index in [2.05, 4.69) is 25.3 Å². The van der Waals surface area contributed by atoms with Crippen LogP contribution < -0.4 is 0 Å². The van der Waals surface area contributed by atoms with Crippen molar-refractivity contribution in [3.63, 3.8) is 0 Å². The molecule has 1 rings (SSSR count). The standard InChI is InChI=1S/C9H15NO3S3/c11-8(6(3-14)4-15)10-5-16-2-1-7(10)9(12)13/h6-7,14-15H,1-5H2,(H,12,13). The third-order valence-corrected chi connectivity index (χ3v) is 4.37. The van der Waals surface area contributed by atoms with Crippen molar-refractivity contribution < 1.29 is 14.7 Å². The summed E-state index contributed by atoms with van der Waals surface area (Å²) in [5, 5.41) is 9.04. The van der Waals surface area contributed by atoms with Gasteiger partial charge in [-0.2, -0.15) is 25.3 Å². The van der Waals surface area contributed by atoms with E-state index in [1.807, 2.05) is 0 Å². The van der Waals surface area contributed by atoms with Gasteiger partial charge in [-0.15, -0.1) is 11.8 Å². The monoisotopic (exact) mass is 281 g/mol. The van der Waals surface area contributed by atoms with Crippen molar-refractivity contribution in [1.82, 2.24) is 4.90 Å². The molecule has 0 aromatic rings. The Hall–Kier alpha value is -0.0100. The molecule has 1 aliphatic rings. The van der Waals surface area contributed by atoms with Gasteiger partial charge < -0.3 is 10.0 Å². The molecule has 0 saturated carbocycles. The number of rotatable bonds is 4. The number of thiol groups is 2. The summed E-state index contributed by atoms with van der Waals surface area (Å²) in [7, 11) is 0. The summed E-state index contributed by atoms with van der Waals surface area (Å²) in [4.78, 5) is 24.5. The number of carbonyl (C=O) groups is 2. The molecular formula is C9H15NO3S3. The largest absolute Gasteiger partial charge is 0.480 e. The van der Waals surface area contributed by atoms with Gasteiger partial charge in [-0.25, -0.2) is 4.79 Å². The molecule has 1 fully saturated rings. The van der Waals surface area contributed by atoms with Crippen molar-refractivity contribution in [3.05, 3.63) is 0 Å². The predicted molar refractivity (Wildman–Crippen MR) is 71.4 cm³/mol. The van der Waals surface area contributed by atoms with Gasteiger partial charge >= 0.3 is 5.97 Å². The fraction of sp³-hybridized carbons (Fsp3) is 0.778. The van der Waals surface area contributed by atoms with Gasteiger partial charge in [0, 0.05) is 11.5 Å². The first-order valence-corrected chi connectivity index (χ1v) is 7.36. The third-order valence-electron chi connectivity index (χ3n) is 2.50. The Morgan fingerprint density at radius 3 is 2.56 bits per heavy atom. The SMILES string of the molecule is O=C(O)C1CCSCN1C(=O)C(CS)CS. The highest BCUT2D eigenvalue weighted by Crippen LogP contribution is 2.23. The van der Waals surface area contributed by atoms with Crippen LogP contribution in [0.5, 0.6) is 0 Å². The van der Waals surface area contributed by atoms with Gasteiger partial charge in [0.2, 0.25) is 5.91 Å². The highest BCUT2D eigenvalue weighted by atomic mass is 32.2. The van der Waals surface area contributed by atoms with E-state index in [1.54, 1.807) is 11.8 Å². The first-order valence-electron chi connectivity index (χ1n) is 4.94. The molecule has 1 N–H and O–H groups in total. The molecule has 0 aromatic heterocycles. The van der Waals surface area contributed by atoms with E-state index in [9.17, 15) is 9.59 Å². The molecule has 7 heteroatoms. The highest BCUT2D eigenvalue weighted by Gasteiger charge is 2.34. The summed E-state index contributed by atoms with van der Waals surface area (Å²) in [5.74, 6) is 0.662. The Morgan fingerprint density at radius 2 is 2.06 bits per heavy atom. The first kappa shape index (κ1) is 14.1. The molecule has 0 aromatic carbocycles. The number of nitrogens with zero attached hydrogens (tertiary/aromatic N) is 1. The lowest BCUT2D eigenvalue weighted by Gasteiger charge is -2.34. The van der Waals surface area contributed by atoms with Gasteiger partial charge in [-0.3, -0.25) is 4.79 Å². The molecule has 1 unspecified atom stereocenters. The maximum atomic E-state index is 12.0. The van der Waals surface area contributed by atoms with Crippen LogP contribution in [-0.4, -0.2) is 51.1 Å². The van der Waals surface area contributed by atoms with Gasteiger partial charge in [-0.1, -0.05) is 0 Å². The minimum atomic E-state index is -0.925. The molecule has 92 valence electrons. The van der Waals surface area contributed by atoms with E-state index < -0.39 is 12.0 Å². The van der Waals surface area contributed by atoms with Crippen LogP contribution in [-0.2, 0) is 9.59 Å². The molecule has 0 radical (unpaired) electrons. The van der Waals surface area contributed by atoms with Crippen LogP contribution in [0.2, 0.25) is 0 Å². The lowest BCUT2D eigenvalue weighted by Crippen LogP contribution is -2.50. The quantitative estimate of drug-likeness (QED) is 0.668. The molecule has 0 spiro atoms. The summed E-state index contributed by atoms with van der Waals surface area (Å²) >= 11 is 9.75. The summed E-state index contributed by atoms with van der Waals surface area (Å²) in [6.07, 6.45) is 0.512. The molecule has 1 saturated heterocycles. The van der Waals surface area contributed by atoms with Crippen LogP contribution in [0.15, 0.2) is 0 Å². The van der Waals surface area contributed by atoms with Gasteiger partial charge in [0.25, 0.3) is 0 Å². The third kappa shape index (κ3) is 3.24. The van der Waals surface area contributed by atoms with Crippen LogP contribution in [0.25, 0.3) is 0 Å². The molecule has 1 amide bonds. The molecule has 1 atom stereocenters. The Kier molecular flexibility index (Phi) is 5.85. The molecule has 1 aliphatic heterocycles. The minimum absolute atomic E-state index is 0.149. The zero-order valence-corrected chi connectivity index (χ0v) is 11.3. The number of thioether (sulfide) groups is 1.